The molecule has 0 aromatic carbocycles. The number of nitrogens with one attached hydrogen (secondary N) is 1. The van der Waals surface area contributed by atoms with Crippen molar-refractivity contribution in [3.05, 3.63) is 29.5 Å². The van der Waals surface area contributed by atoms with Gasteiger partial charge in [-0.1, -0.05) is 0 Å². The largest absolute Gasteiger partial charge is 0.369 e. The molecule has 4 rings (SSSR count). The summed E-state index contributed by atoms with van der Waals surface area (Å²) in [6, 6.07) is 2.14. The molecule has 0 radical (unpaired) electrons. The molecular weight excluding hydrogens is 302 g/mol. The maximum atomic E-state index is 4.61. The lowest BCUT2D eigenvalue weighted by Crippen LogP contribution is -2.23. The monoisotopic (exact) mass is 325 g/mol. The number of aromatic nitrogens is 6. The molecule has 0 spiro atoms. The minimum atomic E-state index is 0.274. The summed E-state index contributed by atoms with van der Waals surface area (Å²) in [5.74, 6) is 1.64. The fourth-order valence-corrected chi connectivity index (χ4v) is 3.26. The van der Waals surface area contributed by atoms with Crippen molar-refractivity contribution < 1.29 is 0 Å². The Morgan fingerprint density at radius 2 is 2.00 bits per heavy atom. The maximum absolute atomic E-state index is 4.61. The third kappa shape index (κ3) is 2.64. The Hall–Kier alpha value is -2.44. The number of fused-ring (bicyclic) bond motifs is 1. The van der Waals surface area contributed by atoms with Crippen molar-refractivity contribution >= 4 is 16.9 Å². The first-order chi connectivity index (χ1) is 11.5. The van der Waals surface area contributed by atoms with Gasteiger partial charge in [-0.25, -0.2) is 9.97 Å². The first-order valence-corrected chi connectivity index (χ1v) is 8.37. The zero-order valence-corrected chi connectivity index (χ0v) is 14.7. The van der Waals surface area contributed by atoms with Gasteiger partial charge in [0.2, 0.25) is 0 Å². The van der Waals surface area contributed by atoms with Crippen LogP contribution in [0.5, 0.6) is 0 Å². The topological polar surface area (TPSA) is 73.5 Å². The molecule has 126 valence electrons. The maximum Gasteiger partial charge on any atom is 0.163 e. The van der Waals surface area contributed by atoms with E-state index in [0.717, 1.165) is 41.5 Å². The summed E-state index contributed by atoms with van der Waals surface area (Å²) in [7, 11) is 1.91. The van der Waals surface area contributed by atoms with Gasteiger partial charge in [-0.15, -0.1) is 0 Å². The third-order valence-electron chi connectivity index (χ3n) is 4.88. The minimum Gasteiger partial charge on any atom is -0.369 e. The normalized spacial score (nSPS) is 15.8. The highest BCUT2D eigenvalue weighted by Gasteiger charge is 2.43. The average molecular weight is 325 g/mol. The molecular formula is C17H23N7. The Kier molecular flexibility index (Phi) is 3.33. The third-order valence-corrected chi connectivity index (χ3v) is 4.88. The van der Waals surface area contributed by atoms with E-state index in [1.54, 1.807) is 4.68 Å². The fourth-order valence-electron chi connectivity index (χ4n) is 3.26. The van der Waals surface area contributed by atoms with Gasteiger partial charge in [0.05, 0.1) is 17.3 Å². The van der Waals surface area contributed by atoms with Crippen LogP contribution in [0.25, 0.3) is 11.0 Å². The molecule has 7 heteroatoms. The second-order valence-electron chi connectivity index (χ2n) is 7.06. The Morgan fingerprint density at radius 3 is 2.67 bits per heavy atom. The fraction of sp³-hybridized carbons (Fsp3) is 0.529. The first kappa shape index (κ1) is 15.1. The minimum absolute atomic E-state index is 0.274. The Balaban J connectivity index is 1.54. The predicted molar refractivity (Wildman–Crippen MR) is 92.9 cm³/mol. The van der Waals surface area contributed by atoms with E-state index < -0.39 is 0 Å². The summed E-state index contributed by atoms with van der Waals surface area (Å²) in [6.07, 6.45) is 4.27. The molecule has 1 aliphatic rings. The number of hydrogen-bond acceptors (Lipinski definition) is 5. The highest BCUT2D eigenvalue weighted by molar-refractivity contribution is 5.86. The van der Waals surface area contributed by atoms with Crippen molar-refractivity contribution in [2.24, 2.45) is 12.5 Å². The molecule has 1 N–H and O–H groups in total. The molecule has 3 aromatic heterocycles. The number of aryl methyl sites for hydroxylation is 4. The van der Waals surface area contributed by atoms with Crippen LogP contribution in [0, 0.1) is 26.2 Å². The van der Waals surface area contributed by atoms with E-state index in [4.69, 9.17) is 0 Å². The summed E-state index contributed by atoms with van der Waals surface area (Å²) < 4.78 is 3.92. The molecule has 24 heavy (non-hydrogen) atoms. The van der Waals surface area contributed by atoms with E-state index in [2.05, 4.69) is 43.2 Å². The quantitative estimate of drug-likeness (QED) is 0.779. The average Bonchev–Trinajstić information content (AvgIpc) is 3.09. The number of hydrogen-bond donors (Lipinski definition) is 1. The summed E-state index contributed by atoms with van der Waals surface area (Å²) in [4.78, 5) is 9.05. The first-order valence-electron chi connectivity index (χ1n) is 8.37. The van der Waals surface area contributed by atoms with E-state index >= 15 is 0 Å². The highest BCUT2D eigenvalue weighted by Crippen LogP contribution is 2.47. The molecule has 1 aliphatic carbocycles. The highest BCUT2D eigenvalue weighted by atomic mass is 15.3. The molecule has 3 aromatic rings. The second kappa shape index (κ2) is 5.29. The Morgan fingerprint density at radius 1 is 1.21 bits per heavy atom. The lowest BCUT2D eigenvalue weighted by Gasteiger charge is -2.18. The van der Waals surface area contributed by atoms with Crippen molar-refractivity contribution in [2.45, 2.75) is 40.2 Å². The molecule has 0 atom stereocenters. The Labute approximate surface area is 141 Å². The van der Waals surface area contributed by atoms with Crippen LogP contribution in [0.1, 0.15) is 30.1 Å². The van der Waals surface area contributed by atoms with Crippen LogP contribution in [-0.4, -0.2) is 36.1 Å². The zero-order chi connectivity index (χ0) is 16.9. The zero-order valence-electron chi connectivity index (χ0n) is 14.7. The molecule has 3 heterocycles. The Bertz CT molecular complexity index is 901. The van der Waals surface area contributed by atoms with Crippen LogP contribution >= 0.6 is 0 Å². The predicted octanol–water partition coefficient (Wildman–Crippen LogP) is 2.38. The van der Waals surface area contributed by atoms with Gasteiger partial charge < -0.3 is 5.32 Å². The van der Waals surface area contributed by atoms with Crippen LogP contribution in [-0.2, 0) is 13.6 Å². The molecule has 0 aliphatic heterocycles. The van der Waals surface area contributed by atoms with Gasteiger partial charge in [0.1, 0.15) is 11.6 Å². The second-order valence-corrected chi connectivity index (χ2v) is 7.06. The standard InChI is InChI=1S/C17H23N7/c1-11-7-12(2)24(22-11)10-17(5-6-17)9-18-15-14-8-19-23(4)16(14)21-13(3)20-15/h7-8H,5-6,9-10H2,1-4H3,(H,18,20,21). The van der Waals surface area contributed by atoms with Crippen LogP contribution in [0.3, 0.4) is 0 Å². The van der Waals surface area contributed by atoms with E-state index in [0.29, 0.717) is 0 Å². The molecule has 0 unspecified atom stereocenters. The number of rotatable bonds is 5. The SMILES string of the molecule is Cc1cc(C)n(CC2(CNc3nc(C)nc4c3cnn4C)CC2)n1. The van der Waals surface area contributed by atoms with E-state index in [1.165, 1.54) is 18.5 Å². The van der Waals surface area contributed by atoms with E-state index in [-0.39, 0.29) is 5.41 Å². The van der Waals surface area contributed by atoms with Gasteiger partial charge in [-0.3, -0.25) is 9.36 Å². The molecule has 0 amide bonds. The van der Waals surface area contributed by atoms with Crippen molar-refractivity contribution in [3.63, 3.8) is 0 Å². The smallest absolute Gasteiger partial charge is 0.163 e. The van der Waals surface area contributed by atoms with Gasteiger partial charge in [0.15, 0.2) is 5.65 Å². The number of anilines is 1. The summed E-state index contributed by atoms with van der Waals surface area (Å²) >= 11 is 0. The molecule has 0 bridgehead atoms. The van der Waals surface area contributed by atoms with Crippen molar-refractivity contribution in [1.82, 2.24) is 29.5 Å². The van der Waals surface area contributed by atoms with Gasteiger partial charge in [0, 0.05) is 31.2 Å². The molecule has 1 fully saturated rings. The van der Waals surface area contributed by atoms with Crippen LogP contribution in [0.4, 0.5) is 5.82 Å². The van der Waals surface area contributed by atoms with E-state index in [1.807, 2.05) is 27.1 Å². The van der Waals surface area contributed by atoms with Gasteiger partial charge in [-0.2, -0.15) is 10.2 Å². The number of nitrogens with zero attached hydrogens (tertiary/aromatic N) is 6. The molecule has 1 saturated carbocycles. The lowest BCUT2D eigenvalue weighted by atomic mass is 10.1. The lowest BCUT2D eigenvalue weighted by molar-refractivity contribution is 0.409. The van der Waals surface area contributed by atoms with Crippen molar-refractivity contribution in [3.8, 4) is 0 Å². The molecule has 0 saturated heterocycles. The summed E-state index contributed by atoms with van der Waals surface area (Å²) in [5, 5.41) is 13.4. The van der Waals surface area contributed by atoms with Crippen LogP contribution < -0.4 is 5.32 Å². The summed E-state index contributed by atoms with van der Waals surface area (Å²) in [5.41, 5.74) is 3.45. The van der Waals surface area contributed by atoms with Gasteiger partial charge in [-0.05, 0) is 39.7 Å². The van der Waals surface area contributed by atoms with Gasteiger partial charge in [0.25, 0.3) is 0 Å². The van der Waals surface area contributed by atoms with Crippen molar-refractivity contribution in [2.75, 3.05) is 11.9 Å². The van der Waals surface area contributed by atoms with Crippen molar-refractivity contribution in [1.29, 1.82) is 0 Å². The van der Waals surface area contributed by atoms with Gasteiger partial charge >= 0.3 is 0 Å². The molecule has 7 nitrogen and oxygen atoms in total. The summed E-state index contributed by atoms with van der Waals surface area (Å²) in [6.45, 7) is 7.94. The van der Waals surface area contributed by atoms with Crippen LogP contribution in [0.15, 0.2) is 12.3 Å². The van der Waals surface area contributed by atoms with Crippen LogP contribution in [0.2, 0.25) is 0 Å². The van der Waals surface area contributed by atoms with E-state index in [9.17, 15) is 0 Å².